The molecule has 0 atom stereocenters. The molecule has 2 rings (SSSR count). The molecule has 0 aliphatic heterocycles. The minimum absolute atomic E-state index is 0.107. The minimum Gasteiger partial charge on any atom is -0.395 e. The maximum atomic E-state index is 8.64. The van der Waals surface area contributed by atoms with Gasteiger partial charge < -0.3 is 5.11 Å². The van der Waals surface area contributed by atoms with Gasteiger partial charge in [0.15, 0.2) is 0 Å². The van der Waals surface area contributed by atoms with E-state index in [1.807, 2.05) is 30.5 Å². The number of pyridine rings is 1. The first-order chi connectivity index (χ1) is 7.42. The second-order valence-electron chi connectivity index (χ2n) is 3.18. The summed E-state index contributed by atoms with van der Waals surface area (Å²) < 4.78 is 0. The lowest BCUT2D eigenvalue weighted by Gasteiger charge is -1.98. The molecule has 0 spiro atoms. The van der Waals surface area contributed by atoms with Crippen molar-refractivity contribution in [2.24, 2.45) is 0 Å². The molecule has 74 valence electrons. The number of benzene rings is 1. The van der Waals surface area contributed by atoms with E-state index in [0.717, 1.165) is 16.3 Å². The van der Waals surface area contributed by atoms with E-state index in [9.17, 15) is 0 Å². The molecule has 0 saturated carbocycles. The highest BCUT2D eigenvalue weighted by molar-refractivity contribution is 5.87. The predicted molar refractivity (Wildman–Crippen MR) is 60.3 cm³/mol. The summed E-state index contributed by atoms with van der Waals surface area (Å²) in [5, 5.41) is 10.8. The Balaban J connectivity index is 2.48. The molecule has 1 heterocycles. The molecule has 1 aromatic carbocycles. The highest BCUT2D eigenvalue weighted by atomic mass is 16.2. The third kappa shape index (κ3) is 2.15. The van der Waals surface area contributed by atoms with Crippen molar-refractivity contribution in [2.75, 3.05) is 6.61 Å². The monoisotopic (exact) mass is 197 g/mol. The van der Waals surface area contributed by atoms with Crippen molar-refractivity contribution in [3.05, 3.63) is 42.2 Å². The van der Waals surface area contributed by atoms with Gasteiger partial charge in [-0.25, -0.2) is 0 Å². The van der Waals surface area contributed by atoms with E-state index in [-0.39, 0.29) is 6.61 Å². The van der Waals surface area contributed by atoms with Crippen molar-refractivity contribution in [2.45, 2.75) is 6.42 Å². The Morgan fingerprint density at radius 3 is 3.07 bits per heavy atom. The fraction of sp³-hybridized carbons (Fsp3) is 0.154. The maximum absolute atomic E-state index is 8.64. The number of nitrogens with zero attached hydrogens (tertiary/aromatic N) is 1. The largest absolute Gasteiger partial charge is 0.395 e. The summed E-state index contributed by atoms with van der Waals surface area (Å²) in [6.07, 6.45) is 4.10. The van der Waals surface area contributed by atoms with Crippen LogP contribution < -0.4 is 0 Å². The second kappa shape index (κ2) is 4.59. The number of hydrogen-bond acceptors (Lipinski definition) is 2. The van der Waals surface area contributed by atoms with E-state index >= 15 is 0 Å². The zero-order valence-corrected chi connectivity index (χ0v) is 8.27. The average molecular weight is 197 g/mol. The Hall–Kier alpha value is -1.85. The van der Waals surface area contributed by atoms with Gasteiger partial charge in [-0.1, -0.05) is 24.0 Å². The van der Waals surface area contributed by atoms with Gasteiger partial charge in [0.25, 0.3) is 0 Å². The lowest BCUT2D eigenvalue weighted by atomic mass is 10.1. The standard InChI is InChI=1S/C13H11NO/c15-9-2-1-4-11-5-3-6-12-7-8-14-10-13(11)12/h3,5-8,10,15H,2,9H2. The minimum atomic E-state index is 0.107. The summed E-state index contributed by atoms with van der Waals surface area (Å²) in [6, 6.07) is 7.94. The first-order valence-corrected chi connectivity index (χ1v) is 4.84. The second-order valence-corrected chi connectivity index (χ2v) is 3.18. The summed E-state index contributed by atoms with van der Waals surface area (Å²) in [6.45, 7) is 0.107. The zero-order chi connectivity index (χ0) is 10.5. The van der Waals surface area contributed by atoms with Crippen molar-refractivity contribution in [3.63, 3.8) is 0 Å². The van der Waals surface area contributed by atoms with Crippen LogP contribution in [0.25, 0.3) is 10.8 Å². The van der Waals surface area contributed by atoms with Gasteiger partial charge >= 0.3 is 0 Å². The Labute approximate surface area is 88.6 Å². The first-order valence-electron chi connectivity index (χ1n) is 4.84. The fourth-order valence-corrected chi connectivity index (χ4v) is 1.44. The first kappa shape index (κ1) is 9.70. The Morgan fingerprint density at radius 1 is 1.27 bits per heavy atom. The van der Waals surface area contributed by atoms with Crippen molar-refractivity contribution in [1.29, 1.82) is 0 Å². The van der Waals surface area contributed by atoms with Crippen molar-refractivity contribution < 1.29 is 5.11 Å². The molecular weight excluding hydrogens is 186 g/mol. The van der Waals surface area contributed by atoms with Gasteiger partial charge in [-0.3, -0.25) is 4.98 Å². The van der Waals surface area contributed by atoms with E-state index in [1.54, 1.807) is 6.20 Å². The Bertz CT molecular complexity index is 517. The van der Waals surface area contributed by atoms with Crippen LogP contribution in [0, 0.1) is 11.8 Å². The molecule has 0 fully saturated rings. The molecular formula is C13H11NO. The van der Waals surface area contributed by atoms with E-state index in [1.165, 1.54) is 0 Å². The molecule has 2 heteroatoms. The third-order valence-corrected chi connectivity index (χ3v) is 2.14. The van der Waals surface area contributed by atoms with Crippen LogP contribution >= 0.6 is 0 Å². The summed E-state index contributed by atoms with van der Waals surface area (Å²) in [4.78, 5) is 4.08. The molecule has 2 nitrogen and oxygen atoms in total. The Morgan fingerprint density at radius 2 is 2.20 bits per heavy atom. The molecule has 2 aromatic rings. The molecule has 0 bridgehead atoms. The molecule has 1 aromatic heterocycles. The molecule has 0 unspecified atom stereocenters. The number of aromatic nitrogens is 1. The molecule has 0 aliphatic rings. The quantitative estimate of drug-likeness (QED) is 0.709. The Kier molecular flexibility index (Phi) is 2.96. The van der Waals surface area contributed by atoms with Gasteiger partial charge in [-0.15, -0.1) is 0 Å². The van der Waals surface area contributed by atoms with Gasteiger partial charge in [-0.05, 0) is 17.5 Å². The van der Waals surface area contributed by atoms with Crippen LogP contribution in [0.15, 0.2) is 36.7 Å². The van der Waals surface area contributed by atoms with E-state index in [0.29, 0.717) is 6.42 Å². The van der Waals surface area contributed by atoms with Crippen LogP contribution in [0.3, 0.4) is 0 Å². The predicted octanol–water partition coefficient (Wildman–Crippen LogP) is 1.97. The lowest BCUT2D eigenvalue weighted by molar-refractivity contribution is 0.305. The van der Waals surface area contributed by atoms with Crippen LogP contribution in [-0.2, 0) is 0 Å². The number of aliphatic hydroxyl groups is 1. The highest BCUT2D eigenvalue weighted by Crippen LogP contribution is 2.15. The number of rotatable bonds is 1. The normalized spacial score (nSPS) is 9.67. The topological polar surface area (TPSA) is 33.1 Å². The molecule has 0 aliphatic carbocycles. The van der Waals surface area contributed by atoms with Gasteiger partial charge in [0, 0.05) is 29.8 Å². The number of hydrogen-bond donors (Lipinski definition) is 1. The average Bonchev–Trinajstić information content (AvgIpc) is 2.30. The molecule has 1 N–H and O–H groups in total. The van der Waals surface area contributed by atoms with E-state index in [4.69, 9.17) is 5.11 Å². The number of fused-ring (bicyclic) bond motifs is 1. The van der Waals surface area contributed by atoms with Gasteiger partial charge in [0.05, 0.1) is 6.61 Å². The van der Waals surface area contributed by atoms with Crippen molar-refractivity contribution >= 4 is 10.8 Å². The van der Waals surface area contributed by atoms with Gasteiger partial charge in [-0.2, -0.15) is 0 Å². The molecule has 0 radical (unpaired) electrons. The molecule has 15 heavy (non-hydrogen) atoms. The molecule has 0 saturated heterocycles. The third-order valence-electron chi connectivity index (χ3n) is 2.14. The number of aliphatic hydroxyl groups excluding tert-OH is 1. The van der Waals surface area contributed by atoms with Crippen LogP contribution in [0.4, 0.5) is 0 Å². The van der Waals surface area contributed by atoms with Crippen molar-refractivity contribution in [3.8, 4) is 11.8 Å². The lowest BCUT2D eigenvalue weighted by Crippen LogP contribution is -1.82. The van der Waals surface area contributed by atoms with Crippen molar-refractivity contribution in [1.82, 2.24) is 4.98 Å². The van der Waals surface area contributed by atoms with Gasteiger partial charge in [0.2, 0.25) is 0 Å². The SMILES string of the molecule is OCCC#Cc1cccc2ccncc12. The smallest absolute Gasteiger partial charge is 0.0540 e. The zero-order valence-electron chi connectivity index (χ0n) is 8.27. The highest BCUT2D eigenvalue weighted by Gasteiger charge is 1.96. The summed E-state index contributed by atoms with van der Waals surface area (Å²) in [5.41, 5.74) is 0.967. The van der Waals surface area contributed by atoms with E-state index in [2.05, 4.69) is 16.8 Å². The van der Waals surface area contributed by atoms with Crippen LogP contribution in [0.2, 0.25) is 0 Å². The summed E-state index contributed by atoms with van der Waals surface area (Å²) in [5.74, 6) is 5.95. The van der Waals surface area contributed by atoms with Crippen LogP contribution in [-0.4, -0.2) is 16.7 Å². The summed E-state index contributed by atoms with van der Waals surface area (Å²) >= 11 is 0. The molecule has 0 amide bonds. The van der Waals surface area contributed by atoms with E-state index < -0.39 is 0 Å². The maximum Gasteiger partial charge on any atom is 0.0540 e. The van der Waals surface area contributed by atoms with Crippen LogP contribution in [0.1, 0.15) is 12.0 Å². The van der Waals surface area contributed by atoms with Gasteiger partial charge in [0.1, 0.15) is 0 Å². The fourth-order valence-electron chi connectivity index (χ4n) is 1.44. The summed E-state index contributed by atoms with van der Waals surface area (Å²) in [7, 11) is 0. The van der Waals surface area contributed by atoms with Crippen LogP contribution in [0.5, 0.6) is 0 Å².